The molecular weight excluding hydrogens is 312 g/mol. The maximum absolute atomic E-state index is 12.5. The molecule has 0 aliphatic rings. The number of nitrogens with zero attached hydrogens (tertiary/aromatic N) is 3. The van der Waals surface area contributed by atoms with E-state index in [4.69, 9.17) is 0 Å². The van der Waals surface area contributed by atoms with Crippen LogP contribution in [0.3, 0.4) is 0 Å². The van der Waals surface area contributed by atoms with Crippen molar-refractivity contribution in [3.8, 4) is 0 Å². The van der Waals surface area contributed by atoms with Gasteiger partial charge in [-0.05, 0) is 12.5 Å². The highest BCUT2D eigenvalue weighted by Gasteiger charge is 2.16. The van der Waals surface area contributed by atoms with E-state index in [0.29, 0.717) is 16.5 Å². The fraction of sp³-hybridized carbons (Fsp3) is 0.312. The van der Waals surface area contributed by atoms with E-state index in [2.05, 4.69) is 15.2 Å². The topological polar surface area (TPSA) is 83.8 Å². The third-order valence-corrected chi connectivity index (χ3v) is 4.57. The maximum Gasteiger partial charge on any atom is 0.191 e. The zero-order chi connectivity index (χ0) is 16.2. The van der Waals surface area contributed by atoms with Crippen LogP contribution in [0.4, 0.5) is 0 Å². The Kier molecular flexibility index (Phi) is 4.78. The van der Waals surface area contributed by atoms with Crippen LogP contribution < -0.4 is 0 Å². The van der Waals surface area contributed by atoms with Gasteiger partial charge < -0.3 is 14.7 Å². The predicted octanol–water partition coefficient (Wildman–Crippen LogP) is 2.64. The smallest absolute Gasteiger partial charge is 0.191 e. The number of fused-ring (bicyclic) bond motifs is 1. The van der Waals surface area contributed by atoms with Crippen molar-refractivity contribution in [3.05, 3.63) is 41.9 Å². The Hall–Kier alpha value is -2.12. The van der Waals surface area contributed by atoms with Gasteiger partial charge in [-0.25, -0.2) is 0 Å². The van der Waals surface area contributed by atoms with Crippen LogP contribution in [0.25, 0.3) is 10.9 Å². The number of rotatable bonds is 7. The molecule has 120 valence electrons. The van der Waals surface area contributed by atoms with Gasteiger partial charge in [-0.15, -0.1) is 10.2 Å². The zero-order valence-electron chi connectivity index (χ0n) is 12.8. The Morgan fingerprint density at radius 1 is 1.35 bits per heavy atom. The number of nitrogens with one attached hydrogen (secondary N) is 1. The number of hydrogen-bond acceptors (Lipinski definition) is 5. The Morgan fingerprint density at radius 3 is 2.96 bits per heavy atom. The molecule has 0 unspecified atom stereocenters. The molecule has 0 fully saturated rings. The van der Waals surface area contributed by atoms with E-state index in [0.717, 1.165) is 23.9 Å². The largest absolute Gasteiger partial charge is 0.388 e. The van der Waals surface area contributed by atoms with Gasteiger partial charge in [-0.3, -0.25) is 4.79 Å². The molecule has 2 aromatic heterocycles. The molecule has 0 atom stereocenters. The number of para-hydroxylation sites is 1. The summed E-state index contributed by atoms with van der Waals surface area (Å²) in [6.07, 6.45) is 2.67. The molecule has 3 aromatic rings. The molecule has 6 nitrogen and oxygen atoms in total. The number of benzene rings is 1. The van der Waals surface area contributed by atoms with E-state index in [-0.39, 0.29) is 18.1 Å². The number of carbonyl (C=O) groups excluding carboxylic acids is 1. The van der Waals surface area contributed by atoms with Crippen LogP contribution in [0.15, 0.2) is 35.6 Å². The molecule has 0 aliphatic heterocycles. The van der Waals surface area contributed by atoms with Gasteiger partial charge in [0.1, 0.15) is 6.61 Å². The number of aromatic amines is 1. The summed E-state index contributed by atoms with van der Waals surface area (Å²) in [7, 11) is 0. The van der Waals surface area contributed by atoms with Crippen LogP contribution in [-0.4, -0.2) is 36.4 Å². The third-order valence-electron chi connectivity index (χ3n) is 3.60. The van der Waals surface area contributed by atoms with Crippen LogP contribution in [0.1, 0.15) is 29.5 Å². The van der Waals surface area contributed by atoms with E-state index < -0.39 is 0 Å². The summed E-state index contributed by atoms with van der Waals surface area (Å²) < 4.78 is 1.87. The summed E-state index contributed by atoms with van der Waals surface area (Å²) in [5.74, 6) is 0.868. The molecule has 0 saturated carbocycles. The number of carbonyl (C=O) groups is 1. The van der Waals surface area contributed by atoms with E-state index in [9.17, 15) is 9.90 Å². The Balaban J connectivity index is 1.76. The lowest BCUT2D eigenvalue weighted by Crippen LogP contribution is -2.07. The van der Waals surface area contributed by atoms with Crippen molar-refractivity contribution in [2.45, 2.75) is 31.7 Å². The first-order chi connectivity index (χ1) is 11.2. The highest BCUT2D eigenvalue weighted by Crippen LogP contribution is 2.23. The molecule has 3 rings (SSSR count). The lowest BCUT2D eigenvalue weighted by molar-refractivity contribution is 0.102. The fourth-order valence-electron chi connectivity index (χ4n) is 2.50. The average Bonchev–Trinajstić information content (AvgIpc) is 3.17. The van der Waals surface area contributed by atoms with E-state index in [1.807, 2.05) is 35.8 Å². The van der Waals surface area contributed by atoms with Crippen molar-refractivity contribution < 1.29 is 9.90 Å². The van der Waals surface area contributed by atoms with Gasteiger partial charge in [0.25, 0.3) is 0 Å². The highest BCUT2D eigenvalue weighted by atomic mass is 32.2. The summed E-state index contributed by atoms with van der Waals surface area (Å²) in [6.45, 7) is 2.63. The van der Waals surface area contributed by atoms with Crippen LogP contribution in [0.5, 0.6) is 0 Å². The molecular formula is C16H18N4O2S. The first-order valence-electron chi connectivity index (χ1n) is 7.49. The average molecular weight is 330 g/mol. The molecule has 0 saturated heterocycles. The minimum absolute atomic E-state index is 0.0454. The molecule has 0 radical (unpaired) electrons. The summed E-state index contributed by atoms with van der Waals surface area (Å²) in [5, 5.41) is 19.0. The van der Waals surface area contributed by atoms with Crippen molar-refractivity contribution in [2.75, 3.05) is 5.75 Å². The Morgan fingerprint density at radius 2 is 2.17 bits per heavy atom. The lowest BCUT2D eigenvalue weighted by atomic mass is 10.1. The maximum atomic E-state index is 12.5. The summed E-state index contributed by atoms with van der Waals surface area (Å²) in [6, 6.07) is 7.74. The molecule has 1 aromatic carbocycles. The number of H-pyrrole nitrogens is 1. The van der Waals surface area contributed by atoms with Gasteiger partial charge in [0.15, 0.2) is 16.8 Å². The normalized spacial score (nSPS) is 11.2. The highest BCUT2D eigenvalue weighted by molar-refractivity contribution is 7.99. The number of ketones is 1. The van der Waals surface area contributed by atoms with Gasteiger partial charge in [0.05, 0.1) is 5.75 Å². The van der Waals surface area contributed by atoms with Crippen LogP contribution in [-0.2, 0) is 13.2 Å². The summed E-state index contributed by atoms with van der Waals surface area (Å²) in [5.41, 5.74) is 1.65. The van der Waals surface area contributed by atoms with Gasteiger partial charge in [0.2, 0.25) is 0 Å². The van der Waals surface area contributed by atoms with Crippen molar-refractivity contribution in [2.24, 2.45) is 0 Å². The van der Waals surface area contributed by atoms with Gasteiger partial charge >= 0.3 is 0 Å². The number of aliphatic hydroxyl groups is 1. The second-order valence-corrected chi connectivity index (χ2v) is 6.11. The van der Waals surface area contributed by atoms with E-state index in [1.54, 1.807) is 6.20 Å². The quantitative estimate of drug-likeness (QED) is 0.514. The van der Waals surface area contributed by atoms with Gasteiger partial charge in [-0.1, -0.05) is 36.9 Å². The SMILES string of the molecule is CCCn1c(CO)nnc1SCC(=O)c1c[nH]c2ccccc12. The molecule has 0 spiro atoms. The first kappa shape index (κ1) is 15.8. The molecule has 7 heteroatoms. The second-order valence-electron chi connectivity index (χ2n) is 5.17. The monoisotopic (exact) mass is 330 g/mol. The number of hydrogen-bond donors (Lipinski definition) is 2. The Labute approximate surface area is 137 Å². The van der Waals surface area contributed by atoms with Gasteiger partial charge in [-0.2, -0.15) is 0 Å². The second kappa shape index (κ2) is 6.97. The number of aliphatic hydroxyl groups excluding tert-OH is 1. The fourth-order valence-corrected chi connectivity index (χ4v) is 3.37. The minimum Gasteiger partial charge on any atom is -0.388 e. The molecule has 0 aliphatic carbocycles. The third kappa shape index (κ3) is 3.16. The van der Waals surface area contributed by atoms with Crippen molar-refractivity contribution in [1.82, 2.24) is 19.7 Å². The van der Waals surface area contributed by atoms with Crippen molar-refractivity contribution >= 4 is 28.4 Å². The molecule has 2 N–H and O–H groups in total. The molecule has 0 amide bonds. The zero-order valence-corrected chi connectivity index (χ0v) is 13.6. The van der Waals surface area contributed by atoms with Crippen LogP contribution >= 0.6 is 11.8 Å². The van der Waals surface area contributed by atoms with Gasteiger partial charge in [0, 0.05) is 29.2 Å². The summed E-state index contributed by atoms with van der Waals surface area (Å²) in [4.78, 5) is 15.6. The minimum atomic E-state index is -0.149. The molecule has 0 bridgehead atoms. The summed E-state index contributed by atoms with van der Waals surface area (Å²) >= 11 is 1.35. The molecule has 23 heavy (non-hydrogen) atoms. The Bertz CT molecular complexity index is 824. The predicted molar refractivity (Wildman–Crippen MR) is 89.6 cm³/mol. The van der Waals surface area contributed by atoms with E-state index in [1.165, 1.54) is 11.8 Å². The van der Waals surface area contributed by atoms with Crippen molar-refractivity contribution in [1.29, 1.82) is 0 Å². The standard InChI is InChI=1S/C16H18N4O2S/c1-2-7-20-15(9-21)18-19-16(20)23-10-14(22)12-8-17-13-6-4-3-5-11(12)13/h3-6,8,17,21H,2,7,9-10H2,1H3. The van der Waals surface area contributed by atoms with Crippen LogP contribution in [0.2, 0.25) is 0 Å². The van der Waals surface area contributed by atoms with Crippen LogP contribution in [0, 0.1) is 0 Å². The van der Waals surface area contributed by atoms with Crippen molar-refractivity contribution in [3.63, 3.8) is 0 Å². The number of Topliss-reactive ketones (excluding diaryl/α,β-unsaturated/α-hetero) is 1. The number of aromatic nitrogens is 4. The first-order valence-corrected chi connectivity index (χ1v) is 8.48. The van der Waals surface area contributed by atoms with E-state index >= 15 is 0 Å². The number of thioether (sulfide) groups is 1. The molecule has 2 heterocycles. The lowest BCUT2D eigenvalue weighted by Gasteiger charge is -2.06.